The number of aliphatic hydroxyl groups is 1. The van der Waals surface area contributed by atoms with Gasteiger partial charge in [-0.1, -0.05) is 62.9 Å². The molecule has 0 aromatic heterocycles. The van der Waals surface area contributed by atoms with Gasteiger partial charge in [0.05, 0.1) is 0 Å². The molecule has 90 valence electrons. The minimum absolute atomic E-state index is 0.320. The SMILES string of the molecule is CCCCCCC(CO)Cc1ccccc1. The Morgan fingerprint density at radius 1 is 1.06 bits per heavy atom. The topological polar surface area (TPSA) is 20.2 Å². The van der Waals surface area contributed by atoms with Crippen molar-refractivity contribution in [2.75, 3.05) is 6.61 Å². The Bertz CT molecular complexity index is 255. The Balaban J connectivity index is 2.26. The molecule has 1 aromatic carbocycles. The molecule has 0 aliphatic rings. The molecular weight excluding hydrogens is 196 g/mol. The first-order valence-corrected chi connectivity index (χ1v) is 6.51. The zero-order valence-electron chi connectivity index (χ0n) is 10.4. The molecule has 0 heterocycles. The summed E-state index contributed by atoms with van der Waals surface area (Å²) in [6.07, 6.45) is 7.34. The highest BCUT2D eigenvalue weighted by Gasteiger charge is 2.07. The van der Waals surface area contributed by atoms with Crippen LogP contribution in [0.15, 0.2) is 30.3 Å². The lowest BCUT2D eigenvalue weighted by Crippen LogP contribution is -2.09. The van der Waals surface area contributed by atoms with Crippen LogP contribution in [0.1, 0.15) is 44.6 Å². The summed E-state index contributed by atoms with van der Waals surface area (Å²) in [5, 5.41) is 9.34. The summed E-state index contributed by atoms with van der Waals surface area (Å²) >= 11 is 0. The highest BCUT2D eigenvalue weighted by molar-refractivity contribution is 5.15. The lowest BCUT2D eigenvalue weighted by Gasteiger charge is -2.13. The minimum atomic E-state index is 0.320. The monoisotopic (exact) mass is 220 g/mol. The smallest absolute Gasteiger partial charge is 0.0462 e. The number of hydrogen-bond acceptors (Lipinski definition) is 1. The molecule has 1 unspecified atom stereocenters. The highest BCUT2D eigenvalue weighted by atomic mass is 16.3. The molecule has 0 aliphatic carbocycles. The van der Waals surface area contributed by atoms with Crippen molar-refractivity contribution < 1.29 is 5.11 Å². The molecule has 0 aliphatic heterocycles. The number of hydrogen-bond donors (Lipinski definition) is 1. The fourth-order valence-electron chi connectivity index (χ4n) is 2.07. The van der Waals surface area contributed by atoms with Crippen molar-refractivity contribution in [3.8, 4) is 0 Å². The van der Waals surface area contributed by atoms with E-state index >= 15 is 0 Å². The van der Waals surface area contributed by atoms with Crippen LogP contribution in [0.4, 0.5) is 0 Å². The van der Waals surface area contributed by atoms with Crippen molar-refractivity contribution in [3.05, 3.63) is 35.9 Å². The van der Waals surface area contributed by atoms with Crippen LogP contribution in [0.25, 0.3) is 0 Å². The number of aliphatic hydroxyl groups excluding tert-OH is 1. The van der Waals surface area contributed by atoms with Crippen LogP contribution in [-0.2, 0) is 6.42 Å². The molecule has 1 atom stereocenters. The van der Waals surface area contributed by atoms with Crippen molar-refractivity contribution in [3.63, 3.8) is 0 Å². The van der Waals surface area contributed by atoms with Crippen molar-refractivity contribution >= 4 is 0 Å². The predicted octanol–water partition coefficient (Wildman–Crippen LogP) is 3.81. The van der Waals surface area contributed by atoms with Gasteiger partial charge in [-0.25, -0.2) is 0 Å². The van der Waals surface area contributed by atoms with Gasteiger partial charge in [0.2, 0.25) is 0 Å². The Labute approximate surface area is 99.5 Å². The molecule has 0 fully saturated rings. The van der Waals surface area contributed by atoms with Crippen LogP contribution in [0, 0.1) is 5.92 Å². The third-order valence-corrected chi connectivity index (χ3v) is 3.09. The summed E-state index contributed by atoms with van der Waals surface area (Å²) in [6, 6.07) is 10.5. The molecule has 1 N–H and O–H groups in total. The fraction of sp³-hybridized carbons (Fsp3) is 0.600. The van der Waals surface area contributed by atoms with Gasteiger partial charge < -0.3 is 5.11 Å². The van der Waals surface area contributed by atoms with Crippen molar-refractivity contribution in [1.29, 1.82) is 0 Å². The molecule has 0 saturated heterocycles. The van der Waals surface area contributed by atoms with Gasteiger partial charge in [0.15, 0.2) is 0 Å². The number of benzene rings is 1. The predicted molar refractivity (Wildman–Crippen MR) is 69.5 cm³/mol. The van der Waals surface area contributed by atoms with Gasteiger partial charge in [0, 0.05) is 6.61 Å². The lowest BCUT2D eigenvalue weighted by atomic mass is 9.94. The van der Waals surface area contributed by atoms with E-state index in [0.29, 0.717) is 12.5 Å². The molecule has 0 bridgehead atoms. The third-order valence-electron chi connectivity index (χ3n) is 3.09. The van der Waals surface area contributed by atoms with Gasteiger partial charge in [0.25, 0.3) is 0 Å². The summed E-state index contributed by atoms with van der Waals surface area (Å²) in [7, 11) is 0. The van der Waals surface area contributed by atoms with E-state index in [0.717, 1.165) is 12.8 Å². The normalized spacial score (nSPS) is 12.6. The first kappa shape index (κ1) is 13.2. The zero-order chi connectivity index (χ0) is 11.6. The molecule has 0 saturated carbocycles. The summed E-state index contributed by atoms with van der Waals surface area (Å²) < 4.78 is 0. The van der Waals surface area contributed by atoms with Crippen LogP contribution in [-0.4, -0.2) is 11.7 Å². The second-order valence-electron chi connectivity index (χ2n) is 4.59. The Kier molecular flexibility index (Phi) is 6.91. The molecule has 1 heteroatoms. The standard InChI is InChI=1S/C15H24O/c1-2-3-4-6-11-15(13-16)12-14-9-7-5-8-10-14/h5,7-10,15-16H,2-4,6,11-13H2,1H3. The molecule has 1 rings (SSSR count). The van der Waals surface area contributed by atoms with Crippen LogP contribution < -0.4 is 0 Å². The van der Waals surface area contributed by atoms with Crippen molar-refractivity contribution in [2.24, 2.45) is 5.92 Å². The maximum atomic E-state index is 9.34. The Morgan fingerprint density at radius 2 is 1.81 bits per heavy atom. The molecule has 0 spiro atoms. The molecular formula is C15H24O. The average molecular weight is 220 g/mol. The molecule has 0 amide bonds. The summed E-state index contributed by atoms with van der Waals surface area (Å²) in [5.74, 6) is 0.444. The maximum Gasteiger partial charge on any atom is 0.0462 e. The van der Waals surface area contributed by atoms with Gasteiger partial charge in [-0.15, -0.1) is 0 Å². The van der Waals surface area contributed by atoms with Crippen LogP contribution in [0.3, 0.4) is 0 Å². The molecule has 16 heavy (non-hydrogen) atoms. The van der Waals surface area contributed by atoms with E-state index in [4.69, 9.17) is 0 Å². The van der Waals surface area contributed by atoms with Gasteiger partial charge in [-0.05, 0) is 24.3 Å². The van der Waals surface area contributed by atoms with Crippen LogP contribution in [0.5, 0.6) is 0 Å². The number of unbranched alkanes of at least 4 members (excludes halogenated alkanes) is 3. The first-order valence-electron chi connectivity index (χ1n) is 6.51. The third kappa shape index (κ3) is 5.32. The van der Waals surface area contributed by atoms with Gasteiger partial charge >= 0.3 is 0 Å². The van der Waals surface area contributed by atoms with Gasteiger partial charge in [0.1, 0.15) is 0 Å². The highest BCUT2D eigenvalue weighted by Crippen LogP contribution is 2.15. The average Bonchev–Trinajstić information content (AvgIpc) is 2.34. The second-order valence-corrected chi connectivity index (χ2v) is 4.59. The van der Waals surface area contributed by atoms with E-state index in [-0.39, 0.29) is 0 Å². The number of rotatable bonds is 8. The van der Waals surface area contributed by atoms with E-state index in [2.05, 4.69) is 31.2 Å². The summed E-state index contributed by atoms with van der Waals surface area (Å²) in [6.45, 7) is 2.55. The van der Waals surface area contributed by atoms with E-state index in [1.165, 1.54) is 31.2 Å². The van der Waals surface area contributed by atoms with Crippen LogP contribution in [0.2, 0.25) is 0 Å². The quantitative estimate of drug-likeness (QED) is 0.660. The van der Waals surface area contributed by atoms with Crippen molar-refractivity contribution in [2.45, 2.75) is 45.4 Å². The van der Waals surface area contributed by atoms with E-state index < -0.39 is 0 Å². The van der Waals surface area contributed by atoms with Crippen LogP contribution >= 0.6 is 0 Å². The lowest BCUT2D eigenvalue weighted by molar-refractivity contribution is 0.214. The Hall–Kier alpha value is -0.820. The van der Waals surface area contributed by atoms with Crippen molar-refractivity contribution in [1.82, 2.24) is 0 Å². The first-order chi connectivity index (χ1) is 7.86. The Morgan fingerprint density at radius 3 is 2.44 bits per heavy atom. The summed E-state index contributed by atoms with van der Waals surface area (Å²) in [5.41, 5.74) is 1.34. The van der Waals surface area contributed by atoms with Gasteiger partial charge in [-0.3, -0.25) is 0 Å². The van der Waals surface area contributed by atoms with Gasteiger partial charge in [-0.2, -0.15) is 0 Å². The molecule has 1 aromatic rings. The molecule has 1 nitrogen and oxygen atoms in total. The maximum absolute atomic E-state index is 9.34. The largest absolute Gasteiger partial charge is 0.396 e. The molecule has 0 radical (unpaired) electrons. The fourth-order valence-corrected chi connectivity index (χ4v) is 2.07. The van der Waals surface area contributed by atoms with E-state index in [1.807, 2.05) is 6.07 Å². The minimum Gasteiger partial charge on any atom is -0.396 e. The second kappa shape index (κ2) is 8.35. The zero-order valence-corrected chi connectivity index (χ0v) is 10.4. The van der Waals surface area contributed by atoms with E-state index in [1.54, 1.807) is 0 Å². The van der Waals surface area contributed by atoms with E-state index in [9.17, 15) is 5.11 Å². The summed E-state index contributed by atoms with van der Waals surface area (Å²) in [4.78, 5) is 0.